The van der Waals surface area contributed by atoms with Crippen LogP contribution in [0.25, 0.3) is 0 Å². The van der Waals surface area contributed by atoms with Gasteiger partial charge < -0.3 is 4.98 Å². The fourth-order valence-corrected chi connectivity index (χ4v) is 3.09. The lowest BCUT2D eigenvalue weighted by Crippen LogP contribution is -2.26. The summed E-state index contributed by atoms with van der Waals surface area (Å²) in [5.41, 5.74) is 2.98. The summed E-state index contributed by atoms with van der Waals surface area (Å²) in [5, 5.41) is 0. The van der Waals surface area contributed by atoms with Gasteiger partial charge in [0.15, 0.2) is 0 Å². The van der Waals surface area contributed by atoms with Crippen molar-refractivity contribution in [2.45, 2.75) is 104 Å². The second kappa shape index (κ2) is 6.98. The first-order valence-electron chi connectivity index (χ1n) is 8.80. The molecule has 0 amide bonds. The Morgan fingerprint density at radius 2 is 1.62 bits per heavy atom. The maximum absolute atomic E-state index is 5.08. The Kier molecular flexibility index (Phi) is 6.07. The number of nitrogens with one attached hydrogen (secondary N) is 1. The van der Waals surface area contributed by atoms with Crippen molar-refractivity contribution in [3.63, 3.8) is 0 Å². The summed E-state index contributed by atoms with van der Waals surface area (Å²) in [6.07, 6.45) is 5.93. The van der Waals surface area contributed by atoms with Crippen LogP contribution in [-0.4, -0.2) is 9.97 Å². The van der Waals surface area contributed by atoms with Gasteiger partial charge in [0.05, 0.1) is 5.69 Å². The van der Waals surface area contributed by atoms with E-state index in [-0.39, 0.29) is 10.8 Å². The first-order chi connectivity index (χ1) is 9.69. The highest BCUT2D eigenvalue weighted by Crippen LogP contribution is 2.38. The Bertz CT molecular complexity index is 440. The van der Waals surface area contributed by atoms with Crippen LogP contribution in [0.15, 0.2) is 0 Å². The fourth-order valence-electron chi connectivity index (χ4n) is 3.09. The van der Waals surface area contributed by atoms with Gasteiger partial charge in [0.1, 0.15) is 5.82 Å². The minimum Gasteiger partial charge on any atom is -0.345 e. The number of H-pyrrole nitrogens is 1. The number of rotatable bonds is 8. The highest BCUT2D eigenvalue weighted by Gasteiger charge is 2.33. The van der Waals surface area contributed by atoms with Crippen LogP contribution in [-0.2, 0) is 10.8 Å². The summed E-state index contributed by atoms with van der Waals surface area (Å²) in [6, 6.07) is 0. The molecule has 0 saturated heterocycles. The molecule has 1 heterocycles. The second-order valence-electron chi connectivity index (χ2n) is 7.91. The SMILES string of the molecule is CCCC(C)c1nc(C(C)(C)CCC)c(C(C)(C)CC)[nH]1. The van der Waals surface area contributed by atoms with Crippen molar-refractivity contribution in [3.05, 3.63) is 17.2 Å². The summed E-state index contributed by atoms with van der Waals surface area (Å²) in [4.78, 5) is 8.79. The molecule has 0 aliphatic heterocycles. The number of hydrogen-bond acceptors (Lipinski definition) is 1. The molecule has 1 aromatic heterocycles. The minimum absolute atomic E-state index is 0.150. The maximum Gasteiger partial charge on any atom is 0.109 e. The number of aromatic amines is 1. The molecular formula is C19H36N2. The third kappa shape index (κ3) is 4.11. The summed E-state index contributed by atoms with van der Waals surface area (Å²) >= 11 is 0. The lowest BCUT2D eigenvalue weighted by atomic mass is 9.76. The summed E-state index contributed by atoms with van der Waals surface area (Å²) in [5.74, 6) is 1.71. The van der Waals surface area contributed by atoms with Crippen LogP contribution in [0, 0.1) is 0 Å². The first-order valence-corrected chi connectivity index (χ1v) is 8.80. The van der Waals surface area contributed by atoms with Crippen molar-refractivity contribution in [1.29, 1.82) is 0 Å². The molecular weight excluding hydrogens is 256 g/mol. The zero-order valence-electron chi connectivity index (χ0n) is 15.6. The molecule has 0 aliphatic rings. The van der Waals surface area contributed by atoms with Gasteiger partial charge in [-0.2, -0.15) is 0 Å². The van der Waals surface area contributed by atoms with E-state index in [1.807, 2.05) is 0 Å². The average molecular weight is 293 g/mol. The van der Waals surface area contributed by atoms with Crippen LogP contribution in [0.2, 0.25) is 0 Å². The highest BCUT2D eigenvalue weighted by molar-refractivity contribution is 5.30. The Morgan fingerprint density at radius 3 is 2.10 bits per heavy atom. The second-order valence-corrected chi connectivity index (χ2v) is 7.91. The molecule has 0 radical (unpaired) electrons. The Balaban J connectivity index is 3.32. The van der Waals surface area contributed by atoms with Crippen molar-refractivity contribution in [1.82, 2.24) is 9.97 Å². The van der Waals surface area contributed by atoms with E-state index in [4.69, 9.17) is 4.98 Å². The topological polar surface area (TPSA) is 28.7 Å². The van der Waals surface area contributed by atoms with Crippen LogP contribution >= 0.6 is 0 Å². The molecule has 0 bridgehead atoms. The molecule has 2 nitrogen and oxygen atoms in total. The van der Waals surface area contributed by atoms with E-state index in [2.05, 4.69) is 60.4 Å². The Labute approximate surface area is 132 Å². The first kappa shape index (κ1) is 18.3. The molecule has 0 fully saturated rings. The number of hydrogen-bond donors (Lipinski definition) is 1. The smallest absolute Gasteiger partial charge is 0.109 e. The molecule has 0 saturated carbocycles. The van der Waals surface area contributed by atoms with Crippen molar-refractivity contribution < 1.29 is 0 Å². The normalized spacial score (nSPS) is 14.5. The zero-order chi connectivity index (χ0) is 16.3. The lowest BCUT2D eigenvalue weighted by molar-refractivity contribution is 0.426. The molecule has 21 heavy (non-hydrogen) atoms. The Hall–Kier alpha value is -0.790. The van der Waals surface area contributed by atoms with Crippen LogP contribution < -0.4 is 0 Å². The van der Waals surface area contributed by atoms with Crippen molar-refractivity contribution in [2.24, 2.45) is 0 Å². The van der Waals surface area contributed by atoms with E-state index >= 15 is 0 Å². The molecule has 0 aliphatic carbocycles. The predicted octanol–water partition coefficient (Wildman–Crippen LogP) is 6.08. The monoisotopic (exact) mass is 292 g/mol. The molecule has 1 aromatic rings. The van der Waals surface area contributed by atoms with Gasteiger partial charge in [-0.05, 0) is 19.3 Å². The van der Waals surface area contributed by atoms with Crippen molar-refractivity contribution >= 4 is 0 Å². The molecule has 1 unspecified atom stereocenters. The van der Waals surface area contributed by atoms with Crippen LogP contribution in [0.3, 0.4) is 0 Å². The van der Waals surface area contributed by atoms with Crippen LogP contribution in [0.1, 0.15) is 111 Å². The Morgan fingerprint density at radius 1 is 1.00 bits per heavy atom. The van der Waals surface area contributed by atoms with E-state index in [1.54, 1.807) is 0 Å². The van der Waals surface area contributed by atoms with Crippen LogP contribution in [0.5, 0.6) is 0 Å². The molecule has 1 N–H and O–H groups in total. The standard InChI is InChI=1S/C19H36N2/c1-9-12-14(4)17-20-15(18(5,6)11-3)16(21-17)19(7,8)13-10-2/h14H,9-13H2,1-8H3,(H,20,21). The summed E-state index contributed by atoms with van der Waals surface area (Å²) < 4.78 is 0. The highest BCUT2D eigenvalue weighted by atomic mass is 15.0. The maximum atomic E-state index is 5.08. The van der Waals surface area contributed by atoms with E-state index in [1.165, 1.54) is 42.9 Å². The van der Waals surface area contributed by atoms with E-state index < -0.39 is 0 Å². The van der Waals surface area contributed by atoms with E-state index in [0.717, 1.165) is 6.42 Å². The van der Waals surface area contributed by atoms with Gasteiger partial charge in [-0.25, -0.2) is 4.98 Å². The van der Waals surface area contributed by atoms with Gasteiger partial charge in [-0.15, -0.1) is 0 Å². The minimum atomic E-state index is 0.150. The van der Waals surface area contributed by atoms with Gasteiger partial charge in [0.25, 0.3) is 0 Å². The molecule has 1 rings (SSSR count). The third-order valence-electron chi connectivity index (χ3n) is 4.99. The van der Waals surface area contributed by atoms with Gasteiger partial charge in [-0.3, -0.25) is 0 Å². The third-order valence-corrected chi connectivity index (χ3v) is 4.99. The van der Waals surface area contributed by atoms with Gasteiger partial charge in [0, 0.05) is 22.4 Å². The quantitative estimate of drug-likeness (QED) is 0.618. The molecule has 122 valence electrons. The predicted molar refractivity (Wildman–Crippen MR) is 93.2 cm³/mol. The van der Waals surface area contributed by atoms with Gasteiger partial charge in [-0.1, -0.05) is 68.2 Å². The molecule has 2 heteroatoms. The largest absolute Gasteiger partial charge is 0.345 e. The van der Waals surface area contributed by atoms with Gasteiger partial charge in [0.2, 0.25) is 0 Å². The van der Waals surface area contributed by atoms with Crippen molar-refractivity contribution in [2.75, 3.05) is 0 Å². The van der Waals surface area contributed by atoms with Crippen LogP contribution in [0.4, 0.5) is 0 Å². The number of imidazole rings is 1. The molecule has 0 aromatic carbocycles. The number of aromatic nitrogens is 2. The van der Waals surface area contributed by atoms with E-state index in [9.17, 15) is 0 Å². The zero-order valence-corrected chi connectivity index (χ0v) is 15.6. The molecule has 0 spiro atoms. The number of nitrogens with zero attached hydrogens (tertiary/aromatic N) is 1. The lowest BCUT2D eigenvalue weighted by Gasteiger charge is -2.29. The summed E-state index contributed by atoms with van der Waals surface area (Å²) in [6.45, 7) is 18.4. The van der Waals surface area contributed by atoms with Crippen molar-refractivity contribution in [3.8, 4) is 0 Å². The fraction of sp³-hybridized carbons (Fsp3) is 0.842. The van der Waals surface area contributed by atoms with E-state index in [0.29, 0.717) is 5.92 Å². The molecule has 1 atom stereocenters. The van der Waals surface area contributed by atoms with Gasteiger partial charge >= 0.3 is 0 Å². The summed E-state index contributed by atoms with van der Waals surface area (Å²) in [7, 11) is 0. The average Bonchev–Trinajstić information content (AvgIpc) is 2.85.